The minimum Gasteiger partial charge on any atom is -0.443 e. The molecule has 94 valence electrons. The van der Waals surface area contributed by atoms with Gasteiger partial charge in [-0.2, -0.15) is 5.06 Å². The van der Waals surface area contributed by atoms with Crippen molar-refractivity contribution in [2.45, 2.75) is 31.6 Å². The lowest BCUT2D eigenvalue weighted by molar-refractivity contribution is -0.209. The van der Waals surface area contributed by atoms with E-state index < -0.39 is 6.09 Å². The molecule has 1 aliphatic carbocycles. The molecule has 4 nitrogen and oxygen atoms in total. The minimum absolute atomic E-state index is 0.0262. The molecule has 2 aliphatic heterocycles. The topological polar surface area (TPSA) is 38.8 Å². The van der Waals surface area contributed by atoms with E-state index in [1.807, 2.05) is 42.5 Å². The van der Waals surface area contributed by atoms with Crippen LogP contribution in [0.4, 0.5) is 4.79 Å². The average molecular weight is 245 g/mol. The van der Waals surface area contributed by atoms with Gasteiger partial charge in [-0.15, -0.1) is 0 Å². The number of hydrogen-bond acceptors (Lipinski definition) is 3. The number of amides is 1. The first-order valence-electron chi connectivity index (χ1n) is 6.18. The van der Waals surface area contributed by atoms with Crippen molar-refractivity contribution in [3.63, 3.8) is 0 Å². The lowest BCUT2D eigenvalue weighted by atomic mass is 9.99. The standard InChI is InChI=1S/C14H15NO3/c16-14(17-10-11-4-2-1-3-5-11)15-12-6-8-13(18-15)9-7-12/h1-6,8,12-13H,7,9-10H2/t12-,13+/m1/s1. The summed E-state index contributed by atoms with van der Waals surface area (Å²) in [5.74, 6) is 0. The second-order valence-electron chi connectivity index (χ2n) is 4.54. The molecule has 2 heterocycles. The van der Waals surface area contributed by atoms with E-state index in [0.29, 0.717) is 0 Å². The van der Waals surface area contributed by atoms with E-state index in [4.69, 9.17) is 9.57 Å². The highest BCUT2D eigenvalue weighted by Gasteiger charge is 2.35. The monoisotopic (exact) mass is 245 g/mol. The first-order valence-corrected chi connectivity index (χ1v) is 6.18. The molecule has 0 unspecified atom stereocenters. The summed E-state index contributed by atoms with van der Waals surface area (Å²) in [6.07, 6.45) is 5.57. The minimum atomic E-state index is -0.405. The van der Waals surface area contributed by atoms with Crippen LogP contribution < -0.4 is 0 Å². The summed E-state index contributed by atoms with van der Waals surface area (Å²) < 4.78 is 5.25. The van der Waals surface area contributed by atoms with Crippen LogP contribution in [0.2, 0.25) is 0 Å². The number of fused-ring (bicyclic) bond motifs is 2. The van der Waals surface area contributed by atoms with Gasteiger partial charge in [-0.3, -0.25) is 4.84 Å². The van der Waals surface area contributed by atoms with Crippen molar-refractivity contribution in [2.24, 2.45) is 0 Å². The quantitative estimate of drug-likeness (QED) is 0.752. The molecule has 0 radical (unpaired) electrons. The zero-order valence-electron chi connectivity index (χ0n) is 9.99. The molecule has 1 saturated heterocycles. The normalized spacial score (nSPS) is 25.2. The number of ether oxygens (including phenoxy) is 1. The summed E-state index contributed by atoms with van der Waals surface area (Å²) in [5.41, 5.74) is 0.976. The Kier molecular flexibility index (Phi) is 3.02. The molecule has 0 saturated carbocycles. The Morgan fingerprint density at radius 2 is 2.11 bits per heavy atom. The number of nitrogens with zero attached hydrogens (tertiary/aromatic N) is 1. The van der Waals surface area contributed by atoms with Gasteiger partial charge in [0.05, 0.1) is 6.04 Å². The third-order valence-electron chi connectivity index (χ3n) is 3.23. The van der Waals surface area contributed by atoms with Crippen molar-refractivity contribution in [1.29, 1.82) is 0 Å². The predicted octanol–water partition coefficient (Wildman–Crippen LogP) is 2.66. The maximum absolute atomic E-state index is 11.9. The Hall–Kier alpha value is -1.81. The molecule has 0 N–H and O–H groups in total. The molecular weight excluding hydrogens is 230 g/mol. The van der Waals surface area contributed by atoms with E-state index in [1.54, 1.807) is 0 Å². The van der Waals surface area contributed by atoms with E-state index in [1.165, 1.54) is 5.06 Å². The smallest absolute Gasteiger partial charge is 0.434 e. The maximum Gasteiger partial charge on any atom is 0.434 e. The molecule has 2 atom stereocenters. The molecule has 18 heavy (non-hydrogen) atoms. The van der Waals surface area contributed by atoms with E-state index in [-0.39, 0.29) is 18.8 Å². The van der Waals surface area contributed by atoms with Crippen LogP contribution in [-0.4, -0.2) is 23.3 Å². The molecule has 1 fully saturated rings. The number of carbonyl (C=O) groups excluding carboxylic acids is 1. The van der Waals surface area contributed by atoms with Gasteiger partial charge >= 0.3 is 6.09 Å². The fourth-order valence-corrected chi connectivity index (χ4v) is 2.25. The lowest BCUT2D eigenvalue weighted by Crippen LogP contribution is -2.48. The molecule has 2 bridgehead atoms. The first-order chi connectivity index (χ1) is 8.83. The van der Waals surface area contributed by atoms with Gasteiger partial charge < -0.3 is 4.74 Å². The van der Waals surface area contributed by atoms with E-state index in [9.17, 15) is 4.79 Å². The molecule has 4 heteroatoms. The second kappa shape index (κ2) is 4.82. The summed E-state index contributed by atoms with van der Waals surface area (Å²) in [6.45, 7) is 0.278. The van der Waals surface area contributed by atoms with Gasteiger partial charge in [-0.05, 0) is 18.4 Å². The van der Waals surface area contributed by atoms with Crippen LogP contribution in [0.3, 0.4) is 0 Å². The molecule has 4 rings (SSSR count). The maximum atomic E-state index is 11.9. The Labute approximate surface area is 106 Å². The van der Waals surface area contributed by atoms with E-state index in [0.717, 1.165) is 18.4 Å². The molecule has 1 amide bonds. The van der Waals surface area contributed by atoms with Gasteiger partial charge in [0.25, 0.3) is 0 Å². The fraction of sp³-hybridized carbons (Fsp3) is 0.357. The van der Waals surface area contributed by atoms with Crippen LogP contribution in [0, 0.1) is 0 Å². The fourth-order valence-electron chi connectivity index (χ4n) is 2.25. The lowest BCUT2D eigenvalue weighted by Gasteiger charge is -2.39. The van der Waals surface area contributed by atoms with Crippen molar-refractivity contribution in [3.8, 4) is 0 Å². The van der Waals surface area contributed by atoms with Gasteiger partial charge in [0, 0.05) is 0 Å². The molecule has 3 aliphatic rings. The Morgan fingerprint density at radius 1 is 1.28 bits per heavy atom. The molecule has 0 spiro atoms. The molecule has 0 aromatic heterocycles. The summed E-state index contributed by atoms with van der Waals surface area (Å²) in [5, 5.41) is 1.36. The number of carbonyl (C=O) groups is 1. The van der Waals surface area contributed by atoms with Gasteiger partial charge in [-0.25, -0.2) is 4.79 Å². The van der Waals surface area contributed by atoms with Crippen LogP contribution in [0.1, 0.15) is 18.4 Å². The second-order valence-corrected chi connectivity index (χ2v) is 4.54. The molecule has 1 aromatic rings. The highest BCUT2D eigenvalue weighted by Crippen LogP contribution is 2.27. The van der Waals surface area contributed by atoms with Crippen LogP contribution in [-0.2, 0) is 16.2 Å². The third-order valence-corrected chi connectivity index (χ3v) is 3.23. The Morgan fingerprint density at radius 3 is 2.72 bits per heavy atom. The van der Waals surface area contributed by atoms with Gasteiger partial charge in [0.1, 0.15) is 12.7 Å². The number of hydroxylamine groups is 2. The van der Waals surface area contributed by atoms with Crippen molar-refractivity contribution in [2.75, 3.05) is 0 Å². The van der Waals surface area contributed by atoms with Crippen LogP contribution in [0.25, 0.3) is 0 Å². The molecular formula is C14H15NO3. The van der Waals surface area contributed by atoms with Crippen molar-refractivity contribution < 1.29 is 14.4 Å². The van der Waals surface area contributed by atoms with Crippen molar-refractivity contribution >= 4 is 6.09 Å². The van der Waals surface area contributed by atoms with Gasteiger partial charge in [-0.1, -0.05) is 42.5 Å². The summed E-state index contributed by atoms with van der Waals surface area (Å²) in [4.78, 5) is 17.4. The summed E-state index contributed by atoms with van der Waals surface area (Å²) in [6, 6.07) is 9.66. The average Bonchev–Trinajstić information content (AvgIpc) is 2.47. The van der Waals surface area contributed by atoms with Gasteiger partial charge in [0.2, 0.25) is 0 Å². The molecule has 1 aromatic carbocycles. The highest BCUT2D eigenvalue weighted by atomic mass is 16.7. The van der Waals surface area contributed by atoms with E-state index >= 15 is 0 Å². The Bertz CT molecular complexity index is 457. The number of rotatable bonds is 2. The Balaban J connectivity index is 1.58. The SMILES string of the molecule is O=C(OCc1ccccc1)N1O[C@H]2C=C[C@@H]1CC2. The van der Waals surface area contributed by atoms with Crippen LogP contribution in [0.15, 0.2) is 42.5 Å². The van der Waals surface area contributed by atoms with Crippen molar-refractivity contribution in [1.82, 2.24) is 5.06 Å². The predicted molar refractivity (Wildman–Crippen MR) is 65.5 cm³/mol. The van der Waals surface area contributed by atoms with Crippen LogP contribution in [0.5, 0.6) is 0 Å². The summed E-state index contributed by atoms with van der Waals surface area (Å²) >= 11 is 0. The van der Waals surface area contributed by atoms with E-state index in [2.05, 4.69) is 0 Å². The zero-order chi connectivity index (χ0) is 12.4. The highest BCUT2D eigenvalue weighted by molar-refractivity contribution is 5.67. The number of hydrogen-bond donors (Lipinski definition) is 0. The largest absolute Gasteiger partial charge is 0.443 e. The zero-order valence-corrected chi connectivity index (χ0v) is 9.99. The third kappa shape index (κ3) is 2.24. The summed E-state index contributed by atoms with van der Waals surface area (Å²) in [7, 11) is 0. The number of benzene rings is 1. The first kappa shape index (κ1) is 11.3. The van der Waals surface area contributed by atoms with Gasteiger partial charge in [0.15, 0.2) is 0 Å². The van der Waals surface area contributed by atoms with Crippen molar-refractivity contribution in [3.05, 3.63) is 48.0 Å². The van der Waals surface area contributed by atoms with Crippen LogP contribution >= 0.6 is 0 Å².